The van der Waals surface area contributed by atoms with Crippen LogP contribution in [0.1, 0.15) is 49.6 Å². The smallest absolute Gasteiger partial charge is 0.254 e. The molecule has 0 saturated carbocycles. The predicted molar refractivity (Wildman–Crippen MR) is 199 cm³/mol. The summed E-state index contributed by atoms with van der Waals surface area (Å²) in [6.07, 6.45) is 2.28. The summed E-state index contributed by atoms with van der Waals surface area (Å²) in [5.41, 5.74) is 19.9. The SMILES string of the molecule is N=C(N)c1ccc(CCc2nc3cc(C(=O)N(Cc4ccc(Cl)cc4)Cc4ccc(CN)cc4)ccc3n2CCc2ccc(Cl)cc2)cc1. The minimum Gasteiger partial charge on any atom is -0.384 e. The molecule has 0 aliphatic carbocycles. The van der Waals surface area contributed by atoms with Gasteiger partial charge in [0.15, 0.2) is 0 Å². The Morgan fingerprint density at radius 1 is 0.673 bits per heavy atom. The molecular formula is C40H38Cl2N6O. The highest BCUT2D eigenvalue weighted by molar-refractivity contribution is 6.30. The Hall–Kier alpha value is -4.95. The molecule has 1 amide bonds. The van der Waals surface area contributed by atoms with E-state index in [4.69, 9.17) is 45.1 Å². The predicted octanol–water partition coefficient (Wildman–Crippen LogP) is 7.96. The average Bonchev–Trinajstić information content (AvgIpc) is 3.47. The second-order valence-electron chi connectivity index (χ2n) is 12.2. The van der Waals surface area contributed by atoms with E-state index < -0.39 is 0 Å². The van der Waals surface area contributed by atoms with Gasteiger partial charge in [-0.15, -0.1) is 0 Å². The van der Waals surface area contributed by atoms with E-state index in [2.05, 4.69) is 4.57 Å². The van der Waals surface area contributed by atoms with Gasteiger partial charge in [-0.25, -0.2) is 4.98 Å². The molecule has 5 N–H and O–H groups in total. The maximum atomic E-state index is 14.2. The molecule has 6 aromatic rings. The monoisotopic (exact) mass is 688 g/mol. The van der Waals surface area contributed by atoms with Crippen molar-refractivity contribution in [1.82, 2.24) is 14.5 Å². The number of nitrogen functional groups attached to an aromatic ring is 1. The molecule has 0 spiro atoms. The molecule has 0 bridgehead atoms. The number of nitrogens with zero attached hydrogens (tertiary/aromatic N) is 3. The Morgan fingerprint density at radius 2 is 1.18 bits per heavy atom. The number of carbonyl (C=O) groups is 1. The van der Waals surface area contributed by atoms with Crippen LogP contribution in [0, 0.1) is 5.41 Å². The van der Waals surface area contributed by atoms with Gasteiger partial charge >= 0.3 is 0 Å². The third-order valence-electron chi connectivity index (χ3n) is 8.72. The number of hydrogen-bond acceptors (Lipinski definition) is 4. The molecule has 248 valence electrons. The van der Waals surface area contributed by atoms with Crippen LogP contribution < -0.4 is 11.5 Å². The van der Waals surface area contributed by atoms with Gasteiger partial charge in [0.05, 0.1) is 11.0 Å². The van der Waals surface area contributed by atoms with Crippen molar-refractivity contribution >= 4 is 46.0 Å². The Bertz CT molecular complexity index is 2060. The molecule has 6 rings (SSSR count). The average molecular weight is 690 g/mol. The number of aryl methyl sites for hydroxylation is 4. The molecule has 7 nitrogen and oxygen atoms in total. The summed E-state index contributed by atoms with van der Waals surface area (Å²) in [6.45, 7) is 2.06. The van der Waals surface area contributed by atoms with Gasteiger partial charge in [0, 0.05) is 53.8 Å². The molecule has 5 aromatic carbocycles. The van der Waals surface area contributed by atoms with Gasteiger partial charge in [-0.1, -0.05) is 96.0 Å². The second kappa shape index (κ2) is 15.5. The van der Waals surface area contributed by atoms with Gasteiger partial charge in [-0.05, 0) is 83.1 Å². The number of nitrogens with two attached hydrogens (primary N) is 2. The fourth-order valence-electron chi connectivity index (χ4n) is 5.95. The third-order valence-corrected chi connectivity index (χ3v) is 9.22. The number of imidazole rings is 1. The van der Waals surface area contributed by atoms with Crippen LogP contribution in [0.25, 0.3) is 11.0 Å². The first-order valence-electron chi connectivity index (χ1n) is 16.2. The van der Waals surface area contributed by atoms with E-state index in [9.17, 15) is 4.79 Å². The van der Waals surface area contributed by atoms with Crippen LogP contribution >= 0.6 is 23.2 Å². The van der Waals surface area contributed by atoms with Crippen molar-refractivity contribution in [2.24, 2.45) is 11.5 Å². The minimum atomic E-state index is -0.0809. The molecule has 0 atom stereocenters. The second-order valence-corrected chi connectivity index (χ2v) is 13.1. The van der Waals surface area contributed by atoms with Crippen LogP contribution in [0.15, 0.2) is 115 Å². The number of nitrogens with one attached hydrogen (secondary N) is 1. The van der Waals surface area contributed by atoms with Crippen LogP contribution in [-0.4, -0.2) is 26.2 Å². The molecule has 0 fully saturated rings. The number of rotatable bonds is 13. The lowest BCUT2D eigenvalue weighted by Crippen LogP contribution is -2.30. The molecule has 0 aliphatic heterocycles. The zero-order valence-electron chi connectivity index (χ0n) is 27.1. The maximum absolute atomic E-state index is 14.2. The molecule has 0 aliphatic rings. The van der Waals surface area contributed by atoms with Crippen molar-refractivity contribution < 1.29 is 4.79 Å². The number of hydrogen-bond donors (Lipinski definition) is 3. The van der Waals surface area contributed by atoms with Crippen LogP contribution in [0.3, 0.4) is 0 Å². The van der Waals surface area contributed by atoms with E-state index in [0.29, 0.717) is 47.2 Å². The Labute approximate surface area is 296 Å². The highest BCUT2D eigenvalue weighted by atomic mass is 35.5. The molecule has 0 radical (unpaired) electrons. The molecule has 49 heavy (non-hydrogen) atoms. The van der Waals surface area contributed by atoms with E-state index in [-0.39, 0.29) is 11.7 Å². The first kappa shape index (κ1) is 33.9. The minimum absolute atomic E-state index is 0.0529. The Morgan fingerprint density at radius 3 is 1.78 bits per heavy atom. The normalized spacial score (nSPS) is 11.2. The fourth-order valence-corrected chi connectivity index (χ4v) is 6.20. The van der Waals surface area contributed by atoms with E-state index in [1.165, 1.54) is 5.56 Å². The van der Waals surface area contributed by atoms with E-state index in [0.717, 1.165) is 58.5 Å². The summed E-state index contributed by atoms with van der Waals surface area (Å²) in [5.74, 6) is 0.918. The largest absolute Gasteiger partial charge is 0.384 e. The number of aromatic nitrogens is 2. The van der Waals surface area contributed by atoms with Gasteiger partial charge in [0.2, 0.25) is 0 Å². The molecule has 0 saturated heterocycles. The van der Waals surface area contributed by atoms with Crippen LogP contribution in [-0.2, 0) is 45.4 Å². The molecule has 0 unspecified atom stereocenters. The summed E-state index contributed by atoms with van der Waals surface area (Å²) < 4.78 is 2.26. The molecule has 9 heteroatoms. The van der Waals surface area contributed by atoms with Crippen LogP contribution in [0.5, 0.6) is 0 Å². The summed E-state index contributed by atoms with van der Waals surface area (Å²) in [7, 11) is 0. The highest BCUT2D eigenvalue weighted by Gasteiger charge is 2.20. The van der Waals surface area contributed by atoms with Crippen molar-refractivity contribution in [3.8, 4) is 0 Å². The first-order chi connectivity index (χ1) is 23.7. The van der Waals surface area contributed by atoms with E-state index in [1.54, 1.807) is 0 Å². The van der Waals surface area contributed by atoms with Gasteiger partial charge in [0.1, 0.15) is 11.7 Å². The van der Waals surface area contributed by atoms with Crippen LogP contribution in [0.4, 0.5) is 0 Å². The number of amides is 1. The quantitative estimate of drug-likeness (QED) is 0.0844. The van der Waals surface area contributed by atoms with Crippen molar-refractivity contribution in [3.63, 3.8) is 0 Å². The third kappa shape index (κ3) is 8.56. The number of fused-ring (bicyclic) bond motifs is 1. The summed E-state index contributed by atoms with van der Waals surface area (Å²) in [5, 5.41) is 9.06. The van der Waals surface area contributed by atoms with E-state index >= 15 is 0 Å². The van der Waals surface area contributed by atoms with Crippen molar-refractivity contribution in [1.29, 1.82) is 5.41 Å². The number of carbonyl (C=O) groups excluding carboxylic acids is 1. The van der Waals surface area contributed by atoms with E-state index in [1.807, 2.05) is 120 Å². The lowest BCUT2D eigenvalue weighted by molar-refractivity contribution is 0.0730. The van der Waals surface area contributed by atoms with Crippen molar-refractivity contribution in [3.05, 3.63) is 170 Å². The number of halogens is 2. The van der Waals surface area contributed by atoms with Gasteiger partial charge in [0.25, 0.3) is 5.91 Å². The topological polar surface area (TPSA) is 114 Å². The zero-order chi connectivity index (χ0) is 34.3. The van der Waals surface area contributed by atoms with Crippen molar-refractivity contribution in [2.75, 3.05) is 0 Å². The lowest BCUT2D eigenvalue weighted by Gasteiger charge is -2.23. The van der Waals surface area contributed by atoms with Gasteiger partial charge < -0.3 is 20.9 Å². The lowest BCUT2D eigenvalue weighted by atomic mass is 10.1. The molecular weight excluding hydrogens is 651 g/mol. The fraction of sp³-hybridized carbons (Fsp3) is 0.175. The summed E-state index contributed by atoms with van der Waals surface area (Å²) in [4.78, 5) is 21.2. The van der Waals surface area contributed by atoms with Crippen molar-refractivity contribution in [2.45, 2.75) is 45.4 Å². The van der Waals surface area contributed by atoms with Crippen LogP contribution in [0.2, 0.25) is 10.0 Å². The number of benzene rings is 5. The Balaban J connectivity index is 1.30. The first-order valence-corrected chi connectivity index (χ1v) is 17.0. The molecule has 1 aromatic heterocycles. The summed E-state index contributed by atoms with van der Waals surface area (Å²) >= 11 is 12.3. The maximum Gasteiger partial charge on any atom is 0.254 e. The standard InChI is InChI=1S/C40H38Cl2N6O/c41-34-15-7-28(8-16-34)21-22-48-37-19-14-33(23-36(37)46-38(48)20-11-27-5-12-32(13-6-27)39(44)45)40(49)47(26-31-9-17-35(42)18-10-31)25-30-3-1-29(24-43)2-4-30/h1-10,12-19,23H,11,20-22,24-26,43H2,(H3,44,45). The zero-order valence-corrected chi connectivity index (χ0v) is 28.6. The Kier molecular flexibility index (Phi) is 10.7. The summed E-state index contributed by atoms with van der Waals surface area (Å²) in [6, 6.07) is 37.2. The number of amidine groups is 1. The molecule has 1 heterocycles. The highest BCUT2D eigenvalue weighted by Crippen LogP contribution is 2.24. The van der Waals surface area contributed by atoms with Gasteiger partial charge in [-0.3, -0.25) is 10.2 Å². The van der Waals surface area contributed by atoms with Gasteiger partial charge in [-0.2, -0.15) is 0 Å².